The van der Waals surface area contributed by atoms with Gasteiger partial charge in [-0.15, -0.1) is 0 Å². The largest absolute Gasteiger partial charge is 0.339 e. The van der Waals surface area contributed by atoms with E-state index in [-0.39, 0.29) is 22.8 Å². The van der Waals surface area contributed by atoms with Crippen LogP contribution < -0.4 is 10.9 Å². The Hall–Kier alpha value is -3.49. The van der Waals surface area contributed by atoms with Crippen molar-refractivity contribution in [1.82, 2.24) is 9.47 Å². The van der Waals surface area contributed by atoms with Crippen LogP contribution in [0.15, 0.2) is 41.3 Å². The molecule has 0 bridgehead atoms. The van der Waals surface area contributed by atoms with E-state index in [0.717, 1.165) is 18.9 Å². The standard InChI is InChI=1S/C20H22N4O5/c1-13-6-8-23(9-7-13)19(26)15-11-17(20(27)22(2)12-15)21-18(25)14-4-3-5-16(10-14)24(28)29/h3-5,10-13H,6-9H2,1-2H3,(H,21,25). The maximum atomic E-state index is 12.8. The fourth-order valence-electron chi connectivity index (χ4n) is 3.27. The highest BCUT2D eigenvalue weighted by atomic mass is 16.6. The number of piperidine rings is 1. The van der Waals surface area contributed by atoms with Gasteiger partial charge in [0.05, 0.1) is 10.5 Å². The van der Waals surface area contributed by atoms with Crippen molar-refractivity contribution in [2.75, 3.05) is 18.4 Å². The number of aromatic nitrogens is 1. The number of anilines is 1. The molecule has 1 N–H and O–H groups in total. The third-order valence-electron chi connectivity index (χ3n) is 5.07. The number of carbonyl (C=O) groups is 2. The minimum atomic E-state index is -0.665. The number of nitro groups is 1. The van der Waals surface area contributed by atoms with E-state index in [2.05, 4.69) is 12.2 Å². The van der Waals surface area contributed by atoms with Gasteiger partial charge in [0.2, 0.25) is 0 Å². The number of likely N-dealkylation sites (tertiary alicyclic amines) is 1. The number of nitrogens with one attached hydrogen (secondary N) is 1. The molecule has 1 aliphatic heterocycles. The Morgan fingerprint density at radius 2 is 1.86 bits per heavy atom. The average Bonchev–Trinajstić information content (AvgIpc) is 2.71. The van der Waals surface area contributed by atoms with Crippen LogP contribution >= 0.6 is 0 Å². The molecule has 0 atom stereocenters. The summed E-state index contributed by atoms with van der Waals surface area (Å²) in [5.41, 5.74) is -0.416. The number of aryl methyl sites for hydroxylation is 1. The quantitative estimate of drug-likeness (QED) is 0.627. The Labute approximate surface area is 167 Å². The van der Waals surface area contributed by atoms with Gasteiger partial charge in [-0.25, -0.2) is 0 Å². The number of hydrogen-bond donors (Lipinski definition) is 1. The highest BCUT2D eigenvalue weighted by molar-refractivity contribution is 6.05. The summed E-state index contributed by atoms with van der Waals surface area (Å²) in [6.07, 6.45) is 3.30. The van der Waals surface area contributed by atoms with E-state index in [1.165, 1.54) is 42.1 Å². The van der Waals surface area contributed by atoms with Gasteiger partial charge in [0.1, 0.15) is 5.69 Å². The second-order valence-corrected chi connectivity index (χ2v) is 7.29. The molecule has 1 aromatic carbocycles. The lowest BCUT2D eigenvalue weighted by molar-refractivity contribution is -0.384. The summed E-state index contributed by atoms with van der Waals surface area (Å²) < 4.78 is 1.24. The maximum Gasteiger partial charge on any atom is 0.274 e. The van der Waals surface area contributed by atoms with E-state index in [1.54, 1.807) is 4.90 Å². The lowest BCUT2D eigenvalue weighted by atomic mass is 9.99. The van der Waals surface area contributed by atoms with Crippen molar-refractivity contribution in [2.45, 2.75) is 19.8 Å². The summed E-state index contributed by atoms with van der Waals surface area (Å²) in [4.78, 5) is 49.8. The molecule has 2 amide bonds. The lowest BCUT2D eigenvalue weighted by Gasteiger charge is -2.30. The van der Waals surface area contributed by atoms with Crippen LogP contribution in [0.25, 0.3) is 0 Å². The lowest BCUT2D eigenvalue weighted by Crippen LogP contribution is -2.38. The summed E-state index contributed by atoms with van der Waals surface area (Å²) in [7, 11) is 1.50. The molecule has 3 rings (SSSR count). The number of rotatable bonds is 4. The van der Waals surface area contributed by atoms with Crippen molar-refractivity contribution < 1.29 is 14.5 Å². The van der Waals surface area contributed by atoms with Crippen molar-refractivity contribution in [1.29, 1.82) is 0 Å². The van der Waals surface area contributed by atoms with E-state index >= 15 is 0 Å². The maximum absolute atomic E-state index is 12.8. The first-order valence-electron chi connectivity index (χ1n) is 9.32. The van der Waals surface area contributed by atoms with Crippen molar-refractivity contribution in [3.05, 3.63) is 68.1 Å². The predicted octanol–water partition coefficient (Wildman–Crippen LogP) is 2.42. The highest BCUT2D eigenvalue weighted by Gasteiger charge is 2.23. The first-order chi connectivity index (χ1) is 13.8. The Kier molecular flexibility index (Phi) is 5.76. The second-order valence-electron chi connectivity index (χ2n) is 7.29. The number of pyridine rings is 1. The van der Waals surface area contributed by atoms with Crippen LogP contribution in [0.5, 0.6) is 0 Å². The van der Waals surface area contributed by atoms with Crippen LogP contribution in [-0.2, 0) is 7.05 Å². The molecular formula is C20H22N4O5. The number of non-ortho nitro benzene ring substituents is 1. The number of nitro benzene ring substituents is 1. The molecule has 1 saturated heterocycles. The molecule has 0 radical (unpaired) electrons. The molecule has 1 fully saturated rings. The number of benzene rings is 1. The number of amides is 2. The van der Waals surface area contributed by atoms with E-state index < -0.39 is 16.4 Å². The van der Waals surface area contributed by atoms with Crippen LogP contribution in [0.4, 0.5) is 11.4 Å². The average molecular weight is 398 g/mol. The zero-order valence-electron chi connectivity index (χ0n) is 16.3. The van der Waals surface area contributed by atoms with Gasteiger partial charge in [0.25, 0.3) is 23.1 Å². The fourth-order valence-corrected chi connectivity index (χ4v) is 3.27. The second kappa shape index (κ2) is 8.26. The number of nitrogens with zero attached hydrogens (tertiary/aromatic N) is 3. The van der Waals surface area contributed by atoms with Crippen LogP contribution in [0, 0.1) is 16.0 Å². The van der Waals surface area contributed by atoms with Gasteiger partial charge in [-0.1, -0.05) is 13.0 Å². The van der Waals surface area contributed by atoms with Crippen molar-refractivity contribution >= 4 is 23.2 Å². The molecule has 0 saturated carbocycles. The van der Waals surface area contributed by atoms with Gasteiger partial charge in [-0.2, -0.15) is 0 Å². The Morgan fingerprint density at radius 1 is 1.17 bits per heavy atom. The fraction of sp³-hybridized carbons (Fsp3) is 0.350. The van der Waals surface area contributed by atoms with E-state index in [4.69, 9.17) is 0 Å². The molecule has 1 aliphatic rings. The molecule has 0 spiro atoms. The normalized spacial score (nSPS) is 14.5. The summed E-state index contributed by atoms with van der Waals surface area (Å²) in [6, 6.07) is 6.56. The predicted molar refractivity (Wildman–Crippen MR) is 107 cm³/mol. The summed E-state index contributed by atoms with van der Waals surface area (Å²) >= 11 is 0. The number of carbonyl (C=O) groups excluding carboxylic acids is 2. The third-order valence-corrected chi connectivity index (χ3v) is 5.07. The number of hydrogen-bond acceptors (Lipinski definition) is 5. The zero-order chi connectivity index (χ0) is 21.1. The molecule has 1 aromatic heterocycles. The Bertz CT molecular complexity index is 1020. The Balaban J connectivity index is 1.85. The van der Waals surface area contributed by atoms with E-state index in [1.807, 2.05) is 0 Å². The molecular weight excluding hydrogens is 376 g/mol. The third kappa shape index (κ3) is 4.50. The van der Waals surface area contributed by atoms with Gasteiger partial charge in [0.15, 0.2) is 0 Å². The van der Waals surface area contributed by atoms with Crippen LogP contribution in [0.3, 0.4) is 0 Å². The van der Waals surface area contributed by atoms with Gasteiger partial charge >= 0.3 is 0 Å². The molecule has 9 nitrogen and oxygen atoms in total. The highest BCUT2D eigenvalue weighted by Crippen LogP contribution is 2.19. The first-order valence-corrected chi connectivity index (χ1v) is 9.32. The molecule has 9 heteroatoms. The molecule has 0 aliphatic carbocycles. The van der Waals surface area contributed by atoms with Crippen molar-refractivity contribution in [3.8, 4) is 0 Å². The minimum Gasteiger partial charge on any atom is -0.339 e. The molecule has 29 heavy (non-hydrogen) atoms. The topological polar surface area (TPSA) is 115 Å². The SMILES string of the molecule is CC1CCN(C(=O)c2cc(NC(=O)c3cccc([N+](=O)[O-])c3)c(=O)n(C)c2)CC1. The van der Waals surface area contributed by atoms with E-state index in [9.17, 15) is 24.5 Å². The molecule has 2 aromatic rings. The van der Waals surface area contributed by atoms with Gasteiger partial charge in [-0.05, 0) is 30.9 Å². The van der Waals surface area contributed by atoms with Crippen LogP contribution in [0.2, 0.25) is 0 Å². The van der Waals surface area contributed by atoms with Gasteiger partial charge < -0.3 is 14.8 Å². The first kappa shape index (κ1) is 20.2. The van der Waals surface area contributed by atoms with Crippen molar-refractivity contribution in [2.24, 2.45) is 13.0 Å². The summed E-state index contributed by atoms with van der Waals surface area (Å²) in [5, 5.41) is 13.4. The van der Waals surface area contributed by atoms with Gasteiger partial charge in [0, 0.05) is 44.0 Å². The molecule has 0 unspecified atom stereocenters. The van der Waals surface area contributed by atoms with Crippen LogP contribution in [-0.4, -0.2) is 39.3 Å². The smallest absolute Gasteiger partial charge is 0.274 e. The monoisotopic (exact) mass is 398 g/mol. The molecule has 2 heterocycles. The van der Waals surface area contributed by atoms with Crippen LogP contribution in [0.1, 0.15) is 40.5 Å². The Morgan fingerprint density at radius 3 is 2.52 bits per heavy atom. The van der Waals surface area contributed by atoms with E-state index in [0.29, 0.717) is 24.6 Å². The molecule has 152 valence electrons. The van der Waals surface area contributed by atoms with Crippen molar-refractivity contribution in [3.63, 3.8) is 0 Å². The van der Waals surface area contributed by atoms with Gasteiger partial charge in [-0.3, -0.25) is 24.5 Å². The summed E-state index contributed by atoms with van der Waals surface area (Å²) in [6.45, 7) is 3.45. The zero-order valence-corrected chi connectivity index (χ0v) is 16.3. The summed E-state index contributed by atoms with van der Waals surface area (Å²) in [5.74, 6) is -0.287. The minimum absolute atomic E-state index is 0.0444.